The van der Waals surface area contributed by atoms with Crippen molar-refractivity contribution in [2.75, 3.05) is 32.7 Å². The first-order valence-corrected chi connectivity index (χ1v) is 5.64. The molecule has 0 bridgehead atoms. The van der Waals surface area contributed by atoms with Crippen molar-refractivity contribution in [3.8, 4) is 0 Å². The van der Waals surface area contributed by atoms with Gasteiger partial charge in [-0.1, -0.05) is 6.92 Å². The highest BCUT2D eigenvalue weighted by atomic mass is 16.2. The van der Waals surface area contributed by atoms with Crippen LogP contribution in [0.25, 0.3) is 0 Å². The van der Waals surface area contributed by atoms with Crippen LogP contribution in [0.15, 0.2) is 0 Å². The number of nitrogens with one attached hydrogen (secondary N) is 1. The molecule has 0 spiro atoms. The lowest BCUT2D eigenvalue weighted by Crippen LogP contribution is -2.38. The number of urea groups is 1. The number of amides is 3. The number of nitrogens with zero attached hydrogens (tertiary/aromatic N) is 2. The largest absolute Gasteiger partial charge is 0.329 e. The highest BCUT2D eigenvalue weighted by Crippen LogP contribution is 2.14. The van der Waals surface area contributed by atoms with E-state index >= 15 is 0 Å². The average Bonchev–Trinajstić information content (AvgIpc) is 2.70. The standard InChI is InChI=1S/C10H18N4O2/c1-7-5-13(6-8(7)11)2-3-14-9(15)4-12-10(14)16/h7-8H,2-6,11H2,1H3,(H,12,16). The molecule has 2 aliphatic heterocycles. The van der Waals surface area contributed by atoms with Crippen LogP contribution in [0.3, 0.4) is 0 Å². The molecule has 0 saturated carbocycles. The van der Waals surface area contributed by atoms with Gasteiger partial charge in [-0.2, -0.15) is 0 Å². The molecule has 2 rings (SSSR count). The summed E-state index contributed by atoms with van der Waals surface area (Å²) in [7, 11) is 0. The minimum atomic E-state index is -0.276. The first-order chi connectivity index (χ1) is 7.58. The Bertz CT molecular complexity index is 281. The van der Waals surface area contributed by atoms with Crippen LogP contribution in [0.4, 0.5) is 4.79 Å². The number of hydrogen-bond acceptors (Lipinski definition) is 4. The summed E-state index contributed by atoms with van der Waals surface area (Å²) in [5.74, 6) is 0.352. The van der Waals surface area contributed by atoms with Gasteiger partial charge in [0.2, 0.25) is 5.91 Å². The second-order valence-electron chi connectivity index (χ2n) is 4.60. The third-order valence-corrected chi connectivity index (χ3v) is 3.32. The number of likely N-dealkylation sites (tertiary alicyclic amines) is 1. The van der Waals surface area contributed by atoms with Crippen molar-refractivity contribution in [1.29, 1.82) is 0 Å². The van der Waals surface area contributed by atoms with Crippen LogP contribution in [0.2, 0.25) is 0 Å². The van der Waals surface area contributed by atoms with Crippen LogP contribution >= 0.6 is 0 Å². The molecule has 2 heterocycles. The van der Waals surface area contributed by atoms with Crippen molar-refractivity contribution >= 4 is 11.9 Å². The zero-order valence-corrected chi connectivity index (χ0v) is 9.48. The van der Waals surface area contributed by atoms with Crippen LogP contribution in [-0.2, 0) is 4.79 Å². The zero-order chi connectivity index (χ0) is 11.7. The molecule has 6 nitrogen and oxygen atoms in total. The topological polar surface area (TPSA) is 78.7 Å². The SMILES string of the molecule is CC1CN(CCN2C(=O)CNC2=O)CC1N. The fourth-order valence-electron chi connectivity index (χ4n) is 2.20. The number of nitrogens with two attached hydrogens (primary N) is 1. The summed E-state index contributed by atoms with van der Waals surface area (Å²) in [6.45, 7) is 5.24. The predicted octanol–water partition coefficient (Wildman–Crippen LogP) is -1.18. The predicted molar refractivity (Wildman–Crippen MR) is 58.7 cm³/mol. The van der Waals surface area contributed by atoms with Crippen molar-refractivity contribution in [3.63, 3.8) is 0 Å². The van der Waals surface area contributed by atoms with Crippen LogP contribution in [0.1, 0.15) is 6.92 Å². The summed E-state index contributed by atoms with van der Waals surface area (Å²) in [5.41, 5.74) is 5.91. The second kappa shape index (κ2) is 4.39. The molecule has 0 aromatic rings. The minimum Gasteiger partial charge on any atom is -0.329 e. The maximum Gasteiger partial charge on any atom is 0.324 e. The normalized spacial score (nSPS) is 31.2. The highest BCUT2D eigenvalue weighted by Gasteiger charge is 2.31. The fourth-order valence-corrected chi connectivity index (χ4v) is 2.20. The van der Waals surface area contributed by atoms with Crippen LogP contribution < -0.4 is 11.1 Å². The highest BCUT2D eigenvalue weighted by molar-refractivity contribution is 6.01. The average molecular weight is 226 g/mol. The van der Waals surface area contributed by atoms with Gasteiger partial charge in [0.1, 0.15) is 0 Å². The zero-order valence-electron chi connectivity index (χ0n) is 9.48. The Morgan fingerprint density at radius 3 is 2.62 bits per heavy atom. The van der Waals surface area contributed by atoms with E-state index < -0.39 is 0 Å². The second-order valence-corrected chi connectivity index (χ2v) is 4.60. The summed E-state index contributed by atoms with van der Waals surface area (Å²) < 4.78 is 0. The van der Waals surface area contributed by atoms with Crippen LogP contribution in [0.5, 0.6) is 0 Å². The summed E-state index contributed by atoms with van der Waals surface area (Å²) in [5, 5.41) is 2.51. The molecule has 0 aliphatic carbocycles. The quantitative estimate of drug-likeness (QED) is 0.594. The van der Waals surface area contributed by atoms with E-state index in [2.05, 4.69) is 17.1 Å². The van der Waals surface area contributed by atoms with E-state index in [0.717, 1.165) is 19.6 Å². The van der Waals surface area contributed by atoms with Gasteiger partial charge in [0.25, 0.3) is 0 Å². The molecule has 3 amide bonds. The molecule has 6 heteroatoms. The Balaban J connectivity index is 1.80. The Hall–Kier alpha value is -1.14. The molecule has 0 aromatic carbocycles. The summed E-state index contributed by atoms with van der Waals surface area (Å²) >= 11 is 0. The molecule has 2 aliphatic rings. The van der Waals surface area contributed by atoms with E-state index in [0.29, 0.717) is 12.5 Å². The van der Waals surface area contributed by atoms with Gasteiger partial charge < -0.3 is 11.1 Å². The lowest BCUT2D eigenvalue weighted by atomic mass is 10.1. The Labute approximate surface area is 94.7 Å². The molecule has 2 fully saturated rings. The van der Waals surface area contributed by atoms with E-state index in [1.165, 1.54) is 4.90 Å². The van der Waals surface area contributed by atoms with E-state index in [9.17, 15) is 9.59 Å². The third-order valence-electron chi connectivity index (χ3n) is 3.32. The number of carbonyl (C=O) groups excluding carboxylic acids is 2. The molecular weight excluding hydrogens is 208 g/mol. The fraction of sp³-hybridized carbons (Fsp3) is 0.800. The van der Waals surface area contributed by atoms with E-state index in [1.54, 1.807) is 0 Å². The van der Waals surface area contributed by atoms with E-state index in [1.807, 2.05) is 0 Å². The first kappa shape index (κ1) is 11.3. The Morgan fingerprint density at radius 2 is 2.12 bits per heavy atom. The molecule has 2 atom stereocenters. The third kappa shape index (κ3) is 2.17. The van der Waals surface area contributed by atoms with Gasteiger partial charge in [-0.3, -0.25) is 14.6 Å². The lowest BCUT2D eigenvalue weighted by Gasteiger charge is -2.19. The molecule has 0 radical (unpaired) electrons. The van der Waals surface area contributed by atoms with Crippen molar-refractivity contribution in [2.45, 2.75) is 13.0 Å². The minimum absolute atomic E-state index is 0.134. The number of carbonyl (C=O) groups is 2. The van der Waals surface area contributed by atoms with Crippen molar-refractivity contribution in [2.24, 2.45) is 11.7 Å². The summed E-state index contributed by atoms with van der Waals surface area (Å²) in [6, 6.07) is -0.0651. The Kier molecular flexibility index (Phi) is 3.11. The monoisotopic (exact) mass is 226 g/mol. The molecule has 3 N–H and O–H groups in total. The molecular formula is C10H18N4O2. The lowest BCUT2D eigenvalue weighted by molar-refractivity contribution is -0.125. The molecule has 0 aromatic heterocycles. The van der Waals surface area contributed by atoms with E-state index in [-0.39, 0.29) is 24.5 Å². The van der Waals surface area contributed by atoms with Crippen LogP contribution in [0, 0.1) is 5.92 Å². The Morgan fingerprint density at radius 1 is 1.38 bits per heavy atom. The van der Waals surface area contributed by atoms with Crippen molar-refractivity contribution in [1.82, 2.24) is 15.1 Å². The summed E-state index contributed by atoms with van der Waals surface area (Å²) in [4.78, 5) is 26.1. The van der Waals surface area contributed by atoms with Gasteiger partial charge in [-0.25, -0.2) is 4.79 Å². The maximum atomic E-state index is 11.3. The van der Waals surface area contributed by atoms with Crippen molar-refractivity contribution in [3.05, 3.63) is 0 Å². The van der Waals surface area contributed by atoms with Crippen molar-refractivity contribution < 1.29 is 9.59 Å². The number of rotatable bonds is 3. The summed E-state index contributed by atoms with van der Waals surface area (Å²) in [6.07, 6.45) is 0. The molecule has 90 valence electrons. The first-order valence-electron chi connectivity index (χ1n) is 5.64. The van der Waals surface area contributed by atoms with Gasteiger partial charge >= 0.3 is 6.03 Å². The van der Waals surface area contributed by atoms with Gasteiger partial charge in [-0.15, -0.1) is 0 Å². The molecule has 2 unspecified atom stereocenters. The van der Waals surface area contributed by atoms with Gasteiger partial charge in [-0.05, 0) is 5.92 Å². The molecule has 2 saturated heterocycles. The maximum absolute atomic E-state index is 11.3. The van der Waals surface area contributed by atoms with Crippen LogP contribution in [-0.4, -0.2) is 60.5 Å². The van der Waals surface area contributed by atoms with Gasteiger partial charge in [0.15, 0.2) is 0 Å². The van der Waals surface area contributed by atoms with Gasteiger partial charge in [0, 0.05) is 32.2 Å². The number of hydrogen-bond donors (Lipinski definition) is 2. The van der Waals surface area contributed by atoms with E-state index in [4.69, 9.17) is 5.73 Å². The molecule has 16 heavy (non-hydrogen) atoms. The number of imide groups is 1. The van der Waals surface area contributed by atoms with Gasteiger partial charge in [0.05, 0.1) is 6.54 Å². The smallest absolute Gasteiger partial charge is 0.324 e.